The normalized spacial score (nSPS) is 18.8. The van der Waals surface area contributed by atoms with Crippen molar-refractivity contribution in [3.8, 4) is 0 Å². The summed E-state index contributed by atoms with van der Waals surface area (Å²) in [6.45, 7) is 6.68. The Bertz CT molecular complexity index is 186. The van der Waals surface area contributed by atoms with Crippen molar-refractivity contribution in [1.82, 2.24) is 10.2 Å². The number of rotatable bonds is 2. The van der Waals surface area contributed by atoms with Crippen molar-refractivity contribution in [3.63, 3.8) is 0 Å². The maximum atomic E-state index is 11.8. The van der Waals surface area contributed by atoms with Crippen molar-refractivity contribution in [2.75, 3.05) is 32.8 Å². The van der Waals surface area contributed by atoms with E-state index in [1.54, 1.807) is 13.8 Å². The molecule has 76 valence electrons. The van der Waals surface area contributed by atoms with Gasteiger partial charge in [0.25, 0.3) is 0 Å². The van der Waals surface area contributed by atoms with Gasteiger partial charge in [0.2, 0.25) is 5.91 Å². The van der Waals surface area contributed by atoms with E-state index >= 15 is 0 Å². The van der Waals surface area contributed by atoms with Gasteiger partial charge in [-0.05, 0) is 13.8 Å². The molecule has 0 saturated carbocycles. The standard InChI is InChI=1S/C9H18N2O2/c1-9(2,7-12)8(13)11-5-3-10-4-6-11/h10,12H,3-7H2,1-2H3. The van der Waals surface area contributed by atoms with E-state index < -0.39 is 5.41 Å². The van der Waals surface area contributed by atoms with Crippen LogP contribution in [-0.4, -0.2) is 48.7 Å². The second-order valence-electron chi connectivity index (χ2n) is 4.08. The van der Waals surface area contributed by atoms with E-state index in [1.807, 2.05) is 4.90 Å². The molecule has 1 fully saturated rings. The van der Waals surface area contributed by atoms with Crippen molar-refractivity contribution in [2.45, 2.75) is 13.8 Å². The highest BCUT2D eigenvalue weighted by Gasteiger charge is 2.31. The third kappa shape index (κ3) is 2.42. The van der Waals surface area contributed by atoms with Crippen LogP contribution in [0.25, 0.3) is 0 Å². The van der Waals surface area contributed by atoms with Crippen LogP contribution in [-0.2, 0) is 4.79 Å². The molecule has 0 unspecified atom stereocenters. The van der Waals surface area contributed by atoms with Crippen LogP contribution in [0, 0.1) is 5.41 Å². The van der Waals surface area contributed by atoms with E-state index in [0.29, 0.717) is 0 Å². The van der Waals surface area contributed by atoms with Crippen LogP contribution in [0.2, 0.25) is 0 Å². The molecule has 1 saturated heterocycles. The summed E-state index contributed by atoms with van der Waals surface area (Å²) < 4.78 is 0. The molecule has 0 aromatic carbocycles. The number of carbonyl (C=O) groups is 1. The summed E-state index contributed by atoms with van der Waals surface area (Å²) in [5.74, 6) is 0.0523. The Morgan fingerprint density at radius 1 is 1.46 bits per heavy atom. The maximum Gasteiger partial charge on any atom is 0.230 e. The number of aliphatic hydroxyl groups excluding tert-OH is 1. The largest absolute Gasteiger partial charge is 0.395 e. The molecule has 1 rings (SSSR count). The molecule has 0 spiro atoms. The van der Waals surface area contributed by atoms with E-state index in [0.717, 1.165) is 26.2 Å². The van der Waals surface area contributed by atoms with Crippen LogP contribution in [0.4, 0.5) is 0 Å². The number of nitrogens with zero attached hydrogens (tertiary/aromatic N) is 1. The van der Waals surface area contributed by atoms with Crippen LogP contribution in [0.5, 0.6) is 0 Å². The van der Waals surface area contributed by atoms with Crippen LogP contribution in [0.1, 0.15) is 13.8 Å². The summed E-state index contributed by atoms with van der Waals surface area (Å²) in [7, 11) is 0. The first kappa shape index (κ1) is 10.5. The van der Waals surface area contributed by atoms with Gasteiger partial charge in [-0.1, -0.05) is 0 Å². The number of carbonyl (C=O) groups excluding carboxylic acids is 1. The van der Waals surface area contributed by atoms with Gasteiger partial charge in [-0.15, -0.1) is 0 Å². The Kier molecular flexibility index (Phi) is 3.27. The topological polar surface area (TPSA) is 52.6 Å². The summed E-state index contributed by atoms with van der Waals surface area (Å²) in [6, 6.07) is 0. The molecule has 4 heteroatoms. The van der Waals surface area contributed by atoms with Crippen LogP contribution >= 0.6 is 0 Å². The molecule has 1 aliphatic rings. The van der Waals surface area contributed by atoms with E-state index in [-0.39, 0.29) is 12.5 Å². The lowest BCUT2D eigenvalue weighted by Crippen LogP contribution is -2.51. The Morgan fingerprint density at radius 2 is 2.00 bits per heavy atom. The fourth-order valence-corrected chi connectivity index (χ4v) is 1.36. The minimum absolute atomic E-state index is 0.0523. The molecule has 1 amide bonds. The van der Waals surface area contributed by atoms with Crippen molar-refractivity contribution in [1.29, 1.82) is 0 Å². The van der Waals surface area contributed by atoms with Crippen molar-refractivity contribution in [2.24, 2.45) is 5.41 Å². The van der Waals surface area contributed by atoms with Gasteiger partial charge in [-0.3, -0.25) is 4.79 Å². The van der Waals surface area contributed by atoms with Crippen LogP contribution < -0.4 is 5.32 Å². The number of hydrogen-bond donors (Lipinski definition) is 2. The van der Waals surface area contributed by atoms with E-state index in [2.05, 4.69) is 5.32 Å². The highest BCUT2D eigenvalue weighted by Crippen LogP contribution is 2.17. The minimum Gasteiger partial charge on any atom is -0.395 e. The third-order valence-electron chi connectivity index (χ3n) is 2.38. The molecule has 4 nitrogen and oxygen atoms in total. The number of aliphatic hydroxyl groups is 1. The first-order valence-electron chi connectivity index (χ1n) is 4.69. The lowest BCUT2D eigenvalue weighted by atomic mass is 9.92. The SMILES string of the molecule is CC(C)(CO)C(=O)N1CCNCC1. The first-order chi connectivity index (χ1) is 6.08. The van der Waals surface area contributed by atoms with Gasteiger partial charge in [-0.2, -0.15) is 0 Å². The average molecular weight is 186 g/mol. The highest BCUT2D eigenvalue weighted by atomic mass is 16.3. The van der Waals surface area contributed by atoms with E-state index in [1.165, 1.54) is 0 Å². The van der Waals surface area contributed by atoms with Gasteiger partial charge in [0, 0.05) is 26.2 Å². The zero-order valence-electron chi connectivity index (χ0n) is 8.34. The summed E-state index contributed by atoms with van der Waals surface area (Å²) in [5, 5.41) is 12.2. The monoisotopic (exact) mass is 186 g/mol. The molecule has 2 N–H and O–H groups in total. The lowest BCUT2D eigenvalue weighted by molar-refractivity contribution is -0.143. The maximum absolute atomic E-state index is 11.8. The van der Waals surface area contributed by atoms with Gasteiger partial charge in [0.05, 0.1) is 12.0 Å². The Balaban J connectivity index is 2.55. The first-order valence-corrected chi connectivity index (χ1v) is 4.69. The summed E-state index contributed by atoms with van der Waals surface area (Å²) in [4.78, 5) is 13.6. The Hall–Kier alpha value is -0.610. The minimum atomic E-state index is -0.628. The molecule has 0 atom stereocenters. The number of piperazine rings is 1. The molecule has 1 heterocycles. The average Bonchev–Trinajstić information content (AvgIpc) is 2.18. The zero-order chi connectivity index (χ0) is 9.90. The van der Waals surface area contributed by atoms with Crippen molar-refractivity contribution < 1.29 is 9.90 Å². The fraction of sp³-hybridized carbons (Fsp3) is 0.889. The number of amides is 1. The molecule has 0 aromatic rings. The highest BCUT2D eigenvalue weighted by molar-refractivity contribution is 5.82. The third-order valence-corrected chi connectivity index (χ3v) is 2.38. The van der Waals surface area contributed by atoms with E-state index in [4.69, 9.17) is 5.11 Å². The summed E-state index contributed by atoms with van der Waals surface area (Å²) in [5.41, 5.74) is -0.628. The van der Waals surface area contributed by atoms with Gasteiger partial charge >= 0.3 is 0 Å². The van der Waals surface area contributed by atoms with E-state index in [9.17, 15) is 4.79 Å². The lowest BCUT2D eigenvalue weighted by Gasteiger charge is -2.33. The number of nitrogens with one attached hydrogen (secondary N) is 1. The molecule has 1 aliphatic heterocycles. The molecule has 0 radical (unpaired) electrons. The fourth-order valence-electron chi connectivity index (χ4n) is 1.36. The van der Waals surface area contributed by atoms with Gasteiger partial charge in [0.1, 0.15) is 0 Å². The molecular weight excluding hydrogens is 168 g/mol. The molecule has 0 bridgehead atoms. The summed E-state index contributed by atoms with van der Waals surface area (Å²) >= 11 is 0. The number of hydrogen-bond acceptors (Lipinski definition) is 3. The second-order valence-corrected chi connectivity index (χ2v) is 4.08. The smallest absolute Gasteiger partial charge is 0.230 e. The van der Waals surface area contributed by atoms with Crippen molar-refractivity contribution >= 4 is 5.91 Å². The van der Waals surface area contributed by atoms with Crippen LogP contribution in [0.3, 0.4) is 0 Å². The molecule has 13 heavy (non-hydrogen) atoms. The molecule has 0 aromatic heterocycles. The van der Waals surface area contributed by atoms with Gasteiger partial charge < -0.3 is 15.3 Å². The predicted molar refractivity (Wildman–Crippen MR) is 50.3 cm³/mol. The van der Waals surface area contributed by atoms with Crippen LogP contribution in [0.15, 0.2) is 0 Å². The predicted octanol–water partition coefficient (Wildman–Crippen LogP) is -0.563. The molecular formula is C9H18N2O2. The zero-order valence-corrected chi connectivity index (χ0v) is 8.34. The Morgan fingerprint density at radius 3 is 2.46 bits per heavy atom. The second kappa shape index (κ2) is 4.07. The van der Waals surface area contributed by atoms with Gasteiger partial charge in [-0.25, -0.2) is 0 Å². The van der Waals surface area contributed by atoms with Crippen molar-refractivity contribution in [3.05, 3.63) is 0 Å². The van der Waals surface area contributed by atoms with Gasteiger partial charge in [0.15, 0.2) is 0 Å². The quantitative estimate of drug-likeness (QED) is 0.607. The summed E-state index contributed by atoms with van der Waals surface area (Å²) in [6.07, 6.45) is 0. The molecule has 0 aliphatic carbocycles. The Labute approximate surface area is 78.9 Å².